The summed E-state index contributed by atoms with van der Waals surface area (Å²) in [5, 5.41) is 0. The average Bonchev–Trinajstić information content (AvgIpc) is 2.02. The normalized spacial score (nSPS) is 14.9. The summed E-state index contributed by atoms with van der Waals surface area (Å²) < 4.78 is 26.4. The van der Waals surface area contributed by atoms with Crippen LogP contribution < -0.4 is 11.5 Å². The first-order valence-corrected chi connectivity index (χ1v) is 3.90. The summed E-state index contributed by atoms with van der Waals surface area (Å²) in [6.45, 7) is 1.16. The van der Waals surface area contributed by atoms with Gasteiger partial charge in [-0.1, -0.05) is 6.07 Å². The van der Waals surface area contributed by atoms with Crippen molar-refractivity contribution in [2.24, 2.45) is 11.5 Å². The quantitative estimate of drug-likeness (QED) is 0.734. The summed E-state index contributed by atoms with van der Waals surface area (Å²) in [4.78, 5) is 10.9. The third kappa shape index (κ3) is 1.58. The monoisotopic (exact) mass is 200 g/mol. The van der Waals surface area contributed by atoms with Gasteiger partial charge in [-0.2, -0.15) is 0 Å². The van der Waals surface area contributed by atoms with Crippen molar-refractivity contribution in [1.29, 1.82) is 0 Å². The van der Waals surface area contributed by atoms with E-state index in [4.69, 9.17) is 11.5 Å². The number of hydrogen-bond acceptors (Lipinski definition) is 2. The summed E-state index contributed by atoms with van der Waals surface area (Å²) in [6, 6.07) is 3.23. The first-order valence-electron chi connectivity index (χ1n) is 3.90. The van der Waals surface area contributed by atoms with Gasteiger partial charge in [0.05, 0.1) is 5.56 Å². The first-order chi connectivity index (χ1) is 6.37. The lowest BCUT2D eigenvalue weighted by Gasteiger charge is -2.21. The van der Waals surface area contributed by atoms with Crippen LogP contribution in [-0.4, -0.2) is 5.91 Å². The van der Waals surface area contributed by atoms with Crippen molar-refractivity contribution in [2.75, 3.05) is 0 Å². The number of hydrogen-bond donors (Lipinski definition) is 2. The second kappa shape index (κ2) is 3.34. The lowest BCUT2D eigenvalue weighted by atomic mass is 9.91. The number of primary amides is 1. The SMILES string of the molecule is CC(N)(C(N)=O)c1c(F)cccc1F. The van der Waals surface area contributed by atoms with Crippen LogP contribution in [0.25, 0.3) is 0 Å². The molecule has 76 valence electrons. The molecule has 1 amide bonds. The van der Waals surface area contributed by atoms with Gasteiger partial charge in [-0.05, 0) is 19.1 Å². The zero-order valence-corrected chi connectivity index (χ0v) is 7.55. The molecule has 0 saturated carbocycles. The van der Waals surface area contributed by atoms with Crippen LogP contribution in [0.15, 0.2) is 18.2 Å². The van der Waals surface area contributed by atoms with E-state index in [0.29, 0.717) is 0 Å². The van der Waals surface area contributed by atoms with Crippen LogP contribution in [0.5, 0.6) is 0 Å². The molecule has 0 radical (unpaired) electrons. The van der Waals surface area contributed by atoms with Gasteiger partial charge in [0.25, 0.3) is 0 Å². The molecule has 0 aliphatic heterocycles. The smallest absolute Gasteiger partial charge is 0.242 e. The molecular weight excluding hydrogens is 190 g/mol. The minimum absolute atomic E-state index is 0.507. The highest BCUT2D eigenvalue weighted by Gasteiger charge is 2.33. The largest absolute Gasteiger partial charge is 0.368 e. The molecule has 1 rings (SSSR count). The molecule has 1 unspecified atom stereocenters. The molecule has 0 fully saturated rings. The Labute approximate surface area is 79.7 Å². The predicted molar refractivity (Wildman–Crippen MR) is 47.1 cm³/mol. The first kappa shape index (κ1) is 10.6. The fourth-order valence-corrected chi connectivity index (χ4v) is 1.12. The minimum atomic E-state index is -1.84. The van der Waals surface area contributed by atoms with Gasteiger partial charge in [-0.15, -0.1) is 0 Å². The Kier molecular flexibility index (Phi) is 2.53. The van der Waals surface area contributed by atoms with E-state index >= 15 is 0 Å². The van der Waals surface area contributed by atoms with Crippen LogP contribution in [0.3, 0.4) is 0 Å². The van der Waals surface area contributed by atoms with Gasteiger partial charge < -0.3 is 11.5 Å². The molecule has 0 heterocycles. The number of carbonyl (C=O) groups excluding carboxylic acids is 1. The maximum absolute atomic E-state index is 13.2. The van der Waals surface area contributed by atoms with E-state index in [9.17, 15) is 13.6 Å². The fraction of sp³-hybridized carbons (Fsp3) is 0.222. The molecule has 1 aromatic carbocycles. The van der Waals surface area contributed by atoms with Crippen molar-refractivity contribution in [3.8, 4) is 0 Å². The Morgan fingerprint density at radius 2 is 1.79 bits per heavy atom. The zero-order valence-electron chi connectivity index (χ0n) is 7.55. The Bertz CT molecular complexity index is 357. The molecule has 5 heteroatoms. The van der Waals surface area contributed by atoms with E-state index in [-0.39, 0.29) is 0 Å². The molecule has 14 heavy (non-hydrogen) atoms. The van der Waals surface area contributed by atoms with Crippen molar-refractivity contribution >= 4 is 5.91 Å². The summed E-state index contributed by atoms with van der Waals surface area (Å²) in [5.41, 5.74) is 8.03. The molecule has 4 N–H and O–H groups in total. The van der Waals surface area contributed by atoms with Gasteiger partial charge in [0.15, 0.2) is 0 Å². The van der Waals surface area contributed by atoms with Crippen molar-refractivity contribution in [3.63, 3.8) is 0 Å². The van der Waals surface area contributed by atoms with Crippen LogP contribution in [0.2, 0.25) is 0 Å². The Morgan fingerprint density at radius 3 is 2.14 bits per heavy atom. The van der Waals surface area contributed by atoms with E-state index < -0.39 is 28.6 Å². The number of rotatable bonds is 2. The summed E-state index contributed by atoms with van der Waals surface area (Å²) >= 11 is 0. The predicted octanol–water partition coefficient (Wildman–Crippen LogP) is 0.624. The Balaban J connectivity index is 3.38. The molecule has 0 aromatic heterocycles. The molecule has 1 aromatic rings. The number of nitrogens with two attached hydrogens (primary N) is 2. The standard InChI is InChI=1S/C9H10F2N2O/c1-9(13,8(12)14)7-5(10)3-2-4-6(7)11/h2-4H,13H2,1H3,(H2,12,14). The summed E-state index contributed by atoms with van der Waals surface area (Å²) in [5.74, 6) is -2.75. The van der Waals surface area contributed by atoms with Crippen molar-refractivity contribution in [2.45, 2.75) is 12.5 Å². The Morgan fingerprint density at radius 1 is 1.36 bits per heavy atom. The maximum Gasteiger partial charge on any atom is 0.242 e. The maximum atomic E-state index is 13.2. The van der Waals surface area contributed by atoms with E-state index in [0.717, 1.165) is 19.1 Å². The molecule has 0 aliphatic carbocycles. The highest BCUT2D eigenvalue weighted by Crippen LogP contribution is 2.23. The molecule has 0 bridgehead atoms. The highest BCUT2D eigenvalue weighted by molar-refractivity contribution is 5.85. The second-order valence-electron chi connectivity index (χ2n) is 3.16. The number of carbonyl (C=O) groups is 1. The summed E-state index contributed by atoms with van der Waals surface area (Å²) in [7, 11) is 0. The lowest BCUT2D eigenvalue weighted by Crippen LogP contribution is -2.47. The summed E-state index contributed by atoms with van der Waals surface area (Å²) in [6.07, 6.45) is 0. The van der Waals surface area contributed by atoms with Gasteiger partial charge in [-0.3, -0.25) is 4.79 Å². The molecule has 0 spiro atoms. The fourth-order valence-electron chi connectivity index (χ4n) is 1.12. The lowest BCUT2D eigenvalue weighted by molar-refractivity contribution is -0.123. The minimum Gasteiger partial charge on any atom is -0.368 e. The third-order valence-corrected chi connectivity index (χ3v) is 1.99. The molecule has 0 aliphatic rings. The topological polar surface area (TPSA) is 69.1 Å². The van der Waals surface area contributed by atoms with E-state index in [1.807, 2.05) is 0 Å². The van der Waals surface area contributed by atoms with E-state index in [1.54, 1.807) is 0 Å². The number of amides is 1. The van der Waals surface area contributed by atoms with E-state index in [2.05, 4.69) is 0 Å². The highest BCUT2D eigenvalue weighted by atomic mass is 19.1. The van der Waals surface area contributed by atoms with Gasteiger partial charge in [0, 0.05) is 0 Å². The van der Waals surface area contributed by atoms with E-state index in [1.165, 1.54) is 6.07 Å². The van der Waals surface area contributed by atoms with Crippen LogP contribution in [0.4, 0.5) is 8.78 Å². The van der Waals surface area contributed by atoms with Gasteiger partial charge in [-0.25, -0.2) is 8.78 Å². The van der Waals surface area contributed by atoms with Crippen molar-refractivity contribution in [1.82, 2.24) is 0 Å². The van der Waals surface area contributed by atoms with Gasteiger partial charge >= 0.3 is 0 Å². The average molecular weight is 200 g/mol. The molecule has 3 nitrogen and oxygen atoms in total. The third-order valence-electron chi connectivity index (χ3n) is 1.99. The number of benzene rings is 1. The second-order valence-corrected chi connectivity index (χ2v) is 3.16. The number of halogens is 2. The van der Waals surface area contributed by atoms with Gasteiger partial charge in [0.1, 0.15) is 17.2 Å². The Hall–Kier alpha value is -1.49. The zero-order chi connectivity index (χ0) is 10.9. The van der Waals surface area contributed by atoms with Crippen LogP contribution >= 0.6 is 0 Å². The van der Waals surface area contributed by atoms with Crippen molar-refractivity contribution in [3.05, 3.63) is 35.4 Å². The van der Waals surface area contributed by atoms with Gasteiger partial charge in [0.2, 0.25) is 5.91 Å². The molecule has 1 atom stereocenters. The molecule has 0 saturated heterocycles. The van der Waals surface area contributed by atoms with Crippen LogP contribution in [0, 0.1) is 11.6 Å². The van der Waals surface area contributed by atoms with Crippen LogP contribution in [0.1, 0.15) is 12.5 Å². The molecular formula is C9H10F2N2O. The van der Waals surface area contributed by atoms with Crippen molar-refractivity contribution < 1.29 is 13.6 Å². The van der Waals surface area contributed by atoms with Crippen LogP contribution in [-0.2, 0) is 10.3 Å².